The van der Waals surface area contributed by atoms with Gasteiger partial charge in [0.25, 0.3) is 0 Å². The molecule has 0 bridgehead atoms. The number of nitrogens with zero attached hydrogens (tertiary/aromatic N) is 2. The molecular formula is C20H28ClN5S. The second kappa shape index (κ2) is 7.86. The van der Waals surface area contributed by atoms with Gasteiger partial charge in [-0.1, -0.05) is 11.6 Å². The number of halogens is 1. The van der Waals surface area contributed by atoms with Gasteiger partial charge < -0.3 is 16.0 Å². The number of rotatable bonds is 4. The monoisotopic (exact) mass is 405 g/mol. The van der Waals surface area contributed by atoms with E-state index in [4.69, 9.17) is 11.6 Å². The number of thioether (sulfide) groups is 1. The lowest BCUT2D eigenvalue weighted by molar-refractivity contribution is 0.151. The third-order valence-corrected chi connectivity index (χ3v) is 5.49. The Morgan fingerprint density at radius 3 is 2.41 bits per heavy atom. The van der Waals surface area contributed by atoms with Gasteiger partial charge in [-0.3, -0.25) is 0 Å². The van der Waals surface area contributed by atoms with E-state index < -0.39 is 0 Å². The van der Waals surface area contributed by atoms with Crippen LogP contribution in [0.1, 0.15) is 47.5 Å². The lowest BCUT2D eigenvalue weighted by Crippen LogP contribution is -2.61. The summed E-state index contributed by atoms with van der Waals surface area (Å²) in [7, 11) is 0. The van der Waals surface area contributed by atoms with Crippen molar-refractivity contribution in [1.29, 1.82) is 0 Å². The molecule has 1 fully saturated rings. The number of benzene rings is 1. The molecule has 1 aromatic rings. The number of hydrogen-bond acceptors (Lipinski definition) is 5. The molecule has 2 heterocycles. The van der Waals surface area contributed by atoms with Crippen LogP contribution in [0.2, 0.25) is 5.02 Å². The average molecular weight is 406 g/mol. The van der Waals surface area contributed by atoms with Crippen LogP contribution in [-0.2, 0) is 0 Å². The van der Waals surface area contributed by atoms with Crippen molar-refractivity contribution in [2.45, 2.75) is 64.6 Å². The second-order valence-corrected chi connectivity index (χ2v) is 9.91. The fourth-order valence-electron chi connectivity index (χ4n) is 3.88. The van der Waals surface area contributed by atoms with E-state index in [1.165, 1.54) is 11.8 Å². The fourth-order valence-corrected chi connectivity index (χ4v) is 4.59. The molecule has 0 aromatic heterocycles. The number of piperidine rings is 1. The lowest BCUT2D eigenvalue weighted by Gasteiger charge is -2.47. The van der Waals surface area contributed by atoms with Gasteiger partial charge in [-0.2, -0.15) is 4.99 Å². The van der Waals surface area contributed by atoms with Gasteiger partial charge in [0.05, 0.1) is 0 Å². The fraction of sp³-hybridized carbons (Fsp3) is 0.500. The minimum absolute atomic E-state index is 0.127. The maximum absolute atomic E-state index is 5.89. The number of anilines is 1. The van der Waals surface area contributed by atoms with Crippen LogP contribution < -0.4 is 16.0 Å². The maximum atomic E-state index is 5.89. The third kappa shape index (κ3) is 5.99. The van der Waals surface area contributed by atoms with Crippen molar-refractivity contribution in [3.8, 4) is 0 Å². The zero-order chi connectivity index (χ0) is 19.7. The smallest absolute Gasteiger partial charge is 0.197 e. The molecule has 0 saturated carbocycles. The highest BCUT2D eigenvalue weighted by Crippen LogP contribution is 2.29. The van der Waals surface area contributed by atoms with E-state index in [1.807, 2.05) is 30.5 Å². The molecule has 0 spiro atoms. The van der Waals surface area contributed by atoms with Gasteiger partial charge in [0.2, 0.25) is 0 Å². The van der Waals surface area contributed by atoms with Crippen molar-refractivity contribution in [3.05, 3.63) is 41.2 Å². The molecule has 3 rings (SSSR count). The molecule has 1 aromatic carbocycles. The molecule has 0 unspecified atom stereocenters. The van der Waals surface area contributed by atoms with Crippen molar-refractivity contribution in [3.63, 3.8) is 0 Å². The summed E-state index contributed by atoms with van der Waals surface area (Å²) >= 11 is 7.43. The van der Waals surface area contributed by atoms with Crippen LogP contribution in [-0.4, -0.2) is 27.5 Å². The molecule has 2 aliphatic rings. The molecule has 2 aliphatic heterocycles. The van der Waals surface area contributed by atoms with Crippen LogP contribution >= 0.6 is 23.4 Å². The van der Waals surface area contributed by atoms with Crippen LogP contribution in [0, 0.1) is 0 Å². The minimum Gasteiger partial charge on any atom is -0.384 e. The molecule has 1 saturated heterocycles. The summed E-state index contributed by atoms with van der Waals surface area (Å²) in [5, 5.41) is 12.9. The van der Waals surface area contributed by atoms with E-state index in [0.29, 0.717) is 6.04 Å². The standard InChI is InChI=1S/C20H28ClN5S/c1-13(23-16-10-19(2,3)26-20(4,5)11-16)12-22-17-25-18(27-17)24-15-8-6-14(21)7-9-15/h6-9,12,16,23,26H,10-11H2,1-5H3,(H,22,24,25). The van der Waals surface area contributed by atoms with Crippen LogP contribution in [0.3, 0.4) is 0 Å². The van der Waals surface area contributed by atoms with Crippen molar-refractivity contribution in [2.75, 3.05) is 5.32 Å². The highest BCUT2D eigenvalue weighted by molar-refractivity contribution is 8.29. The molecular weight excluding hydrogens is 378 g/mol. The summed E-state index contributed by atoms with van der Waals surface area (Å²) in [5.41, 5.74) is 2.29. The summed E-state index contributed by atoms with van der Waals surface area (Å²) in [6.07, 6.45) is 4.04. The maximum Gasteiger partial charge on any atom is 0.197 e. The van der Waals surface area contributed by atoms with E-state index >= 15 is 0 Å². The zero-order valence-electron chi connectivity index (χ0n) is 16.6. The van der Waals surface area contributed by atoms with Crippen LogP contribution in [0.15, 0.2) is 46.1 Å². The molecule has 7 heteroatoms. The Morgan fingerprint density at radius 2 is 1.81 bits per heavy atom. The number of hydrogen-bond donors (Lipinski definition) is 3. The molecule has 5 nitrogen and oxygen atoms in total. The Morgan fingerprint density at radius 1 is 1.22 bits per heavy atom. The van der Waals surface area contributed by atoms with Crippen molar-refractivity contribution < 1.29 is 0 Å². The van der Waals surface area contributed by atoms with Gasteiger partial charge in [0.1, 0.15) is 0 Å². The second-order valence-electron chi connectivity index (χ2n) is 8.52. The summed E-state index contributed by atoms with van der Waals surface area (Å²) < 4.78 is 0. The Labute approximate surface area is 171 Å². The summed E-state index contributed by atoms with van der Waals surface area (Å²) in [4.78, 5) is 8.87. The Bertz CT molecular complexity index is 764. The van der Waals surface area contributed by atoms with Crippen molar-refractivity contribution in [2.24, 2.45) is 9.98 Å². The number of amidine groups is 2. The summed E-state index contributed by atoms with van der Waals surface area (Å²) in [6.45, 7) is 11.1. The molecule has 3 N–H and O–H groups in total. The first-order valence-electron chi connectivity index (χ1n) is 9.20. The highest BCUT2D eigenvalue weighted by Gasteiger charge is 2.37. The minimum atomic E-state index is 0.127. The highest BCUT2D eigenvalue weighted by atomic mass is 35.5. The Balaban J connectivity index is 1.53. The quantitative estimate of drug-likeness (QED) is 0.661. The predicted molar refractivity (Wildman–Crippen MR) is 119 cm³/mol. The van der Waals surface area contributed by atoms with Gasteiger partial charge >= 0.3 is 0 Å². The van der Waals surface area contributed by atoms with E-state index in [2.05, 4.69) is 60.6 Å². The number of allylic oxidation sites excluding steroid dienone is 1. The van der Waals surface area contributed by atoms with Gasteiger partial charge in [-0.15, -0.1) is 0 Å². The normalized spacial score (nSPS) is 23.6. The van der Waals surface area contributed by atoms with Crippen molar-refractivity contribution >= 4 is 39.4 Å². The molecule has 0 amide bonds. The van der Waals surface area contributed by atoms with Crippen molar-refractivity contribution in [1.82, 2.24) is 10.6 Å². The molecule has 0 radical (unpaired) electrons. The topological polar surface area (TPSA) is 60.8 Å². The first kappa shape index (κ1) is 20.2. The number of aliphatic imine (C=N–C) groups is 2. The van der Waals surface area contributed by atoms with Crippen LogP contribution in [0.4, 0.5) is 5.69 Å². The number of nitrogens with one attached hydrogen (secondary N) is 3. The summed E-state index contributed by atoms with van der Waals surface area (Å²) in [6, 6.07) is 7.99. The zero-order valence-corrected chi connectivity index (χ0v) is 18.1. The first-order chi connectivity index (χ1) is 12.6. The molecule has 27 heavy (non-hydrogen) atoms. The van der Waals surface area contributed by atoms with Gasteiger partial charge in [-0.25, -0.2) is 4.99 Å². The third-order valence-electron chi connectivity index (χ3n) is 4.47. The average Bonchev–Trinajstić information content (AvgIpc) is 2.48. The van der Waals surface area contributed by atoms with E-state index in [-0.39, 0.29) is 11.1 Å². The van der Waals surface area contributed by atoms with E-state index in [0.717, 1.165) is 39.6 Å². The Hall–Kier alpha value is -1.50. The summed E-state index contributed by atoms with van der Waals surface area (Å²) in [5.74, 6) is 0. The van der Waals surface area contributed by atoms with E-state index in [1.54, 1.807) is 0 Å². The molecule has 0 atom stereocenters. The molecule has 146 valence electrons. The first-order valence-corrected chi connectivity index (χ1v) is 10.4. The van der Waals surface area contributed by atoms with Crippen LogP contribution in [0.25, 0.3) is 0 Å². The van der Waals surface area contributed by atoms with E-state index in [9.17, 15) is 0 Å². The molecule has 0 aliphatic carbocycles. The van der Waals surface area contributed by atoms with Crippen LogP contribution in [0.5, 0.6) is 0 Å². The van der Waals surface area contributed by atoms with Gasteiger partial charge in [-0.05, 0) is 83.5 Å². The van der Waals surface area contributed by atoms with Gasteiger partial charge in [0.15, 0.2) is 10.3 Å². The Kier molecular flexibility index (Phi) is 5.89. The largest absolute Gasteiger partial charge is 0.384 e. The van der Waals surface area contributed by atoms with Gasteiger partial charge in [0, 0.05) is 39.7 Å². The SMILES string of the molecule is CC(=CN=C1N=C(Nc2ccc(Cl)cc2)S1)NC1CC(C)(C)NC(C)(C)C1. The lowest BCUT2D eigenvalue weighted by atomic mass is 9.79. The predicted octanol–water partition coefficient (Wildman–Crippen LogP) is 4.97.